The predicted molar refractivity (Wildman–Crippen MR) is 85.6 cm³/mol. The van der Waals surface area contributed by atoms with Gasteiger partial charge >= 0.3 is 11.9 Å². The molecule has 1 aliphatic heterocycles. The van der Waals surface area contributed by atoms with Gasteiger partial charge in [0.2, 0.25) is 5.91 Å². The number of unbranched alkanes of at least 4 members (excludes halogenated alkanes) is 3. The van der Waals surface area contributed by atoms with Crippen molar-refractivity contribution in [3.63, 3.8) is 0 Å². The summed E-state index contributed by atoms with van der Waals surface area (Å²) in [6.07, 6.45) is 5.36. The van der Waals surface area contributed by atoms with Crippen molar-refractivity contribution in [1.29, 1.82) is 0 Å². The predicted octanol–water partition coefficient (Wildman–Crippen LogP) is 2.22. The third-order valence-electron chi connectivity index (χ3n) is 3.67. The van der Waals surface area contributed by atoms with Crippen LogP contribution in [0.2, 0.25) is 0 Å². The molecule has 1 heterocycles. The van der Waals surface area contributed by atoms with Crippen LogP contribution in [0.5, 0.6) is 0 Å². The number of carbonyl (C=O) groups excluding carboxylic acids is 3. The first-order chi connectivity index (χ1) is 11.0. The zero-order valence-electron chi connectivity index (χ0n) is 14.0. The normalized spacial score (nSPS) is 14.0. The summed E-state index contributed by atoms with van der Waals surface area (Å²) < 4.78 is 10.1. The summed E-state index contributed by atoms with van der Waals surface area (Å²) in [4.78, 5) is 36.4. The fourth-order valence-electron chi connectivity index (χ4n) is 2.30. The Hall–Kier alpha value is -1.85. The molecule has 0 unspecified atom stereocenters. The van der Waals surface area contributed by atoms with Crippen molar-refractivity contribution in [2.24, 2.45) is 0 Å². The second-order valence-electron chi connectivity index (χ2n) is 5.68. The third-order valence-corrected chi connectivity index (χ3v) is 3.67. The fraction of sp³-hybridized carbons (Fsp3) is 0.706. The molecule has 0 N–H and O–H groups in total. The quantitative estimate of drug-likeness (QED) is 0.331. The number of hydrogen-bond acceptors (Lipinski definition) is 5. The molecule has 6 heteroatoms. The van der Waals surface area contributed by atoms with Crippen LogP contribution in [-0.2, 0) is 23.9 Å². The van der Waals surface area contributed by atoms with Crippen LogP contribution >= 0.6 is 0 Å². The first kappa shape index (κ1) is 19.2. The van der Waals surface area contributed by atoms with Crippen LogP contribution < -0.4 is 0 Å². The van der Waals surface area contributed by atoms with E-state index >= 15 is 0 Å². The number of ether oxygens (including phenoxy) is 2. The fourth-order valence-corrected chi connectivity index (χ4v) is 2.30. The van der Waals surface area contributed by atoms with E-state index in [-0.39, 0.29) is 24.5 Å². The molecule has 1 saturated heterocycles. The maximum atomic E-state index is 11.7. The van der Waals surface area contributed by atoms with E-state index in [9.17, 15) is 14.4 Å². The van der Waals surface area contributed by atoms with Crippen LogP contribution in [0.25, 0.3) is 0 Å². The van der Waals surface area contributed by atoms with Crippen molar-refractivity contribution in [1.82, 2.24) is 4.90 Å². The molecule has 1 amide bonds. The van der Waals surface area contributed by atoms with Crippen LogP contribution in [-0.4, -0.2) is 49.0 Å². The molecule has 1 rings (SSSR count). The largest absolute Gasteiger partial charge is 0.465 e. The van der Waals surface area contributed by atoms with Crippen molar-refractivity contribution in [3.8, 4) is 0 Å². The van der Waals surface area contributed by atoms with E-state index in [2.05, 4.69) is 13.5 Å². The molecule has 0 bridgehead atoms. The van der Waals surface area contributed by atoms with Gasteiger partial charge in [-0.05, 0) is 12.8 Å². The highest BCUT2D eigenvalue weighted by molar-refractivity contribution is 5.93. The van der Waals surface area contributed by atoms with Gasteiger partial charge in [0.25, 0.3) is 0 Å². The van der Waals surface area contributed by atoms with Gasteiger partial charge in [0.05, 0.1) is 19.6 Å². The number of likely N-dealkylation sites (tertiary alicyclic amines) is 1. The molecule has 6 nitrogen and oxygen atoms in total. The van der Waals surface area contributed by atoms with E-state index < -0.39 is 11.9 Å². The van der Waals surface area contributed by atoms with E-state index in [1.54, 1.807) is 4.90 Å². The Labute approximate surface area is 137 Å². The Bertz CT molecular complexity index is 433. The van der Waals surface area contributed by atoms with Gasteiger partial charge in [0.15, 0.2) is 0 Å². The summed E-state index contributed by atoms with van der Waals surface area (Å²) in [6.45, 7) is 7.27. The zero-order chi connectivity index (χ0) is 17.1. The second-order valence-corrected chi connectivity index (χ2v) is 5.68. The SMILES string of the molecule is C=C(CC(=O)OCCCCCC)C(=O)OCCN1CCCC1=O. The summed E-state index contributed by atoms with van der Waals surface area (Å²) in [5.74, 6) is -0.982. The van der Waals surface area contributed by atoms with E-state index in [1.807, 2.05) is 0 Å². The standard InChI is InChI=1S/C17H27NO5/c1-3-4-5-6-11-22-16(20)13-14(2)17(21)23-12-10-18-9-7-8-15(18)19/h2-13H2,1H3. The first-order valence-corrected chi connectivity index (χ1v) is 8.33. The minimum Gasteiger partial charge on any atom is -0.465 e. The maximum absolute atomic E-state index is 11.7. The topological polar surface area (TPSA) is 72.9 Å². The maximum Gasteiger partial charge on any atom is 0.334 e. The highest BCUT2D eigenvalue weighted by Crippen LogP contribution is 2.09. The summed E-state index contributed by atoms with van der Waals surface area (Å²) in [5.41, 5.74) is 0.0799. The average molecular weight is 325 g/mol. The van der Waals surface area contributed by atoms with Gasteiger partial charge in [-0.1, -0.05) is 32.8 Å². The molecule has 0 atom stereocenters. The van der Waals surface area contributed by atoms with Crippen molar-refractivity contribution >= 4 is 17.8 Å². The highest BCUT2D eigenvalue weighted by atomic mass is 16.5. The Morgan fingerprint density at radius 3 is 2.61 bits per heavy atom. The first-order valence-electron chi connectivity index (χ1n) is 8.33. The molecule has 0 aliphatic carbocycles. The van der Waals surface area contributed by atoms with Crippen LogP contribution in [0.15, 0.2) is 12.2 Å². The van der Waals surface area contributed by atoms with E-state index in [0.29, 0.717) is 26.1 Å². The molecule has 23 heavy (non-hydrogen) atoms. The van der Waals surface area contributed by atoms with Gasteiger partial charge in [-0.2, -0.15) is 0 Å². The van der Waals surface area contributed by atoms with Crippen LogP contribution in [0, 0.1) is 0 Å². The third kappa shape index (κ3) is 7.81. The molecular formula is C17H27NO5. The van der Waals surface area contributed by atoms with Crippen LogP contribution in [0.3, 0.4) is 0 Å². The van der Waals surface area contributed by atoms with Gasteiger partial charge < -0.3 is 14.4 Å². The Morgan fingerprint density at radius 2 is 1.96 bits per heavy atom. The summed E-state index contributed by atoms with van der Waals surface area (Å²) in [5, 5.41) is 0. The van der Waals surface area contributed by atoms with Gasteiger partial charge in [-0.3, -0.25) is 9.59 Å². The average Bonchev–Trinajstić information content (AvgIpc) is 2.92. The lowest BCUT2D eigenvalue weighted by Crippen LogP contribution is -2.29. The number of esters is 2. The molecule has 0 aromatic heterocycles. The Morgan fingerprint density at radius 1 is 1.17 bits per heavy atom. The Balaban J connectivity index is 2.11. The molecule has 130 valence electrons. The van der Waals surface area contributed by atoms with Crippen molar-refractivity contribution < 1.29 is 23.9 Å². The molecule has 1 fully saturated rings. The number of nitrogens with zero attached hydrogens (tertiary/aromatic N) is 1. The molecule has 0 saturated carbocycles. The van der Waals surface area contributed by atoms with E-state index in [0.717, 1.165) is 32.1 Å². The minimum absolute atomic E-state index is 0.0799. The zero-order valence-corrected chi connectivity index (χ0v) is 14.0. The van der Waals surface area contributed by atoms with Crippen molar-refractivity contribution in [3.05, 3.63) is 12.2 Å². The van der Waals surface area contributed by atoms with Gasteiger partial charge in [-0.25, -0.2) is 4.79 Å². The lowest BCUT2D eigenvalue weighted by Gasteiger charge is -2.15. The minimum atomic E-state index is -0.612. The molecule has 0 aromatic carbocycles. The second kappa shape index (κ2) is 10.8. The number of amides is 1. The van der Waals surface area contributed by atoms with Crippen molar-refractivity contribution in [2.45, 2.75) is 51.9 Å². The molecule has 0 spiro atoms. The van der Waals surface area contributed by atoms with Gasteiger partial charge in [-0.15, -0.1) is 0 Å². The molecule has 0 aromatic rings. The number of hydrogen-bond donors (Lipinski definition) is 0. The highest BCUT2D eigenvalue weighted by Gasteiger charge is 2.20. The molecular weight excluding hydrogens is 298 g/mol. The Kier molecular flexibility index (Phi) is 9.02. The number of carbonyl (C=O) groups is 3. The van der Waals surface area contributed by atoms with Gasteiger partial charge in [0.1, 0.15) is 6.61 Å². The summed E-state index contributed by atoms with van der Waals surface area (Å²) in [6, 6.07) is 0. The van der Waals surface area contributed by atoms with Gasteiger partial charge in [0, 0.05) is 18.5 Å². The molecule has 0 radical (unpaired) electrons. The van der Waals surface area contributed by atoms with E-state index in [1.165, 1.54) is 0 Å². The van der Waals surface area contributed by atoms with E-state index in [4.69, 9.17) is 9.47 Å². The number of rotatable bonds is 11. The summed E-state index contributed by atoms with van der Waals surface area (Å²) >= 11 is 0. The lowest BCUT2D eigenvalue weighted by molar-refractivity contribution is -0.146. The summed E-state index contributed by atoms with van der Waals surface area (Å²) in [7, 11) is 0. The smallest absolute Gasteiger partial charge is 0.334 e. The van der Waals surface area contributed by atoms with Crippen LogP contribution in [0.4, 0.5) is 0 Å². The van der Waals surface area contributed by atoms with Crippen LogP contribution in [0.1, 0.15) is 51.9 Å². The van der Waals surface area contributed by atoms with Crippen molar-refractivity contribution in [2.75, 3.05) is 26.3 Å². The lowest BCUT2D eigenvalue weighted by atomic mass is 10.2. The monoisotopic (exact) mass is 325 g/mol. The molecule has 1 aliphatic rings.